The molecule has 19 heavy (non-hydrogen) atoms. The van der Waals surface area contributed by atoms with Crippen molar-refractivity contribution in [3.8, 4) is 0 Å². The molecule has 1 aromatic carbocycles. The molecule has 0 aliphatic rings. The van der Waals surface area contributed by atoms with Gasteiger partial charge in [-0.3, -0.25) is 10.1 Å². The standard InChI is InChI=1S/C13H15N3O2S/c1-9-12(4-3-5-13(9)16(17)18)14-7-6-11-8-19-10(2)15-11/h3-5,8,14H,6-7H2,1-2H3. The van der Waals surface area contributed by atoms with Crippen molar-refractivity contribution in [2.75, 3.05) is 11.9 Å². The van der Waals surface area contributed by atoms with Crippen LogP contribution in [0.15, 0.2) is 23.6 Å². The zero-order chi connectivity index (χ0) is 13.8. The summed E-state index contributed by atoms with van der Waals surface area (Å²) in [5.41, 5.74) is 2.68. The number of nitro groups is 1. The highest BCUT2D eigenvalue weighted by Crippen LogP contribution is 2.24. The number of rotatable bonds is 5. The van der Waals surface area contributed by atoms with E-state index in [0.717, 1.165) is 22.8 Å². The minimum absolute atomic E-state index is 0.148. The molecule has 0 aliphatic carbocycles. The van der Waals surface area contributed by atoms with Gasteiger partial charge in [-0.05, 0) is 19.9 Å². The van der Waals surface area contributed by atoms with Crippen LogP contribution in [0, 0.1) is 24.0 Å². The quantitative estimate of drug-likeness (QED) is 0.672. The van der Waals surface area contributed by atoms with Gasteiger partial charge in [-0.2, -0.15) is 0 Å². The van der Waals surface area contributed by atoms with Crippen molar-refractivity contribution in [3.05, 3.63) is 50.0 Å². The van der Waals surface area contributed by atoms with E-state index in [1.165, 1.54) is 6.07 Å². The maximum absolute atomic E-state index is 10.8. The largest absolute Gasteiger partial charge is 0.384 e. The highest BCUT2D eigenvalue weighted by Gasteiger charge is 2.12. The molecule has 1 heterocycles. The average molecular weight is 277 g/mol. The molecule has 0 radical (unpaired) electrons. The minimum Gasteiger partial charge on any atom is -0.384 e. The maximum atomic E-state index is 10.8. The van der Waals surface area contributed by atoms with Crippen LogP contribution in [0.4, 0.5) is 11.4 Å². The molecule has 0 unspecified atom stereocenters. The Morgan fingerprint density at radius 3 is 2.84 bits per heavy atom. The lowest BCUT2D eigenvalue weighted by molar-refractivity contribution is -0.385. The van der Waals surface area contributed by atoms with E-state index in [9.17, 15) is 10.1 Å². The minimum atomic E-state index is -0.357. The second-order valence-electron chi connectivity index (χ2n) is 4.24. The Balaban J connectivity index is 2.00. The number of aryl methyl sites for hydroxylation is 1. The SMILES string of the molecule is Cc1nc(CCNc2cccc([N+](=O)[O-])c2C)cs1. The van der Waals surface area contributed by atoms with Crippen LogP contribution in [0.2, 0.25) is 0 Å². The Morgan fingerprint density at radius 2 is 2.21 bits per heavy atom. The highest BCUT2D eigenvalue weighted by atomic mass is 32.1. The third-order valence-corrected chi connectivity index (χ3v) is 3.69. The second-order valence-corrected chi connectivity index (χ2v) is 5.30. The molecule has 0 spiro atoms. The average Bonchev–Trinajstić information content (AvgIpc) is 2.77. The summed E-state index contributed by atoms with van der Waals surface area (Å²) in [4.78, 5) is 14.9. The van der Waals surface area contributed by atoms with E-state index >= 15 is 0 Å². The Labute approximate surface area is 115 Å². The van der Waals surface area contributed by atoms with Gasteiger partial charge in [0.1, 0.15) is 0 Å². The molecule has 0 fully saturated rings. The number of hydrogen-bond acceptors (Lipinski definition) is 5. The summed E-state index contributed by atoms with van der Waals surface area (Å²) in [6, 6.07) is 5.07. The molecule has 0 saturated heterocycles. The van der Waals surface area contributed by atoms with Crippen molar-refractivity contribution >= 4 is 22.7 Å². The Bertz CT molecular complexity index is 595. The fourth-order valence-electron chi connectivity index (χ4n) is 1.86. The first-order chi connectivity index (χ1) is 9.08. The maximum Gasteiger partial charge on any atom is 0.274 e. The Morgan fingerprint density at radius 1 is 1.42 bits per heavy atom. The molecule has 1 aromatic heterocycles. The van der Waals surface area contributed by atoms with Crippen molar-refractivity contribution in [2.24, 2.45) is 0 Å². The molecule has 2 rings (SSSR count). The van der Waals surface area contributed by atoms with Crippen molar-refractivity contribution in [2.45, 2.75) is 20.3 Å². The second kappa shape index (κ2) is 5.79. The first-order valence-electron chi connectivity index (χ1n) is 5.97. The molecule has 100 valence electrons. The number of nitrogens with one attached hydrogen (secondary N) is 1. The van der Waals surface area contributed by atoms with Crippen LogP contribution >= 0.6 is 11.3 Å². The molecule has 6 heteroatoms. The fraction of sp³-hybridized carbons (Fsp3) is 0.308. The molecule has 0 atom stereocenters. The van der Waals surface area contributed by atoms with Crippen LogP contribution in [0.1, 0.15) is 16.3 Å². The van der Waals surface area contributed by atoms with Crippen molar-refractivity contribution in [1.82, 2.24) is 4.98 Å². The van der Waals surface area contributed by atoms with Crippen molar-refractivity contribution in [3.63, 3.8) is 0 Å². The number of nitro benzene ring substituents is 1. The van der Waals surface area contributed by atoms with E-state index in [1.807, 2.05) is 18.4 Å². The van der Waals surface area contributed by atoms with Crippen LogP contribution in [0.3, 0.4) is 0 Å². The summed E-state index contributed by atoms with van der Waals surface area (Å²) in [6.45, 7) is 4.45. The molecule has 0 aliphatic heterocycles. The summed E-state index contributed by atoms with van der Waals surface area (Å²) in [5, 5.41) is 17.2. The van der Waals surface area contributed by atoms with Gasteiger partial charge < -0.3 is 5.32 Å². The summed E-state index contributed by atoms with van der Waals surface area (Å²) in [6.07, 6.45) is 0.812. The molecule has 1 N–H and O–H groups in total. The predicted molar refractivity (Wildman–Crippen MR) is 76.9 cm³/mol. The van der Waals surface area contributed by atoms with Crippen LogP contribution in [0.25, 0.3) is 0 Å². The lowest BCUT2D eigenvalue weighted by atomic mass is 10.1. The topological polar surface area (TPSA) is 68.1 Å². The van der Waals surface area contributed by atoms with Crippen LogP contribution in [-0.4, -0.2) is 16.5 Å². The van der Waals surface area contributed by atoms with Crippen LogP contribution in [-0.2, 0) is 6.42 Å². The van der Waals surface area contributed by atoms with Gasteiger partial charge in [0, 0.05) is 35.7 Å². The number of anilines is 1. The predicted octanol–water partition coefficient (Wildman–Crippen LogP) is 3.32. The van der Waals surface area contributed by atoms with Gasteiger partial charge in [-0.15, -0.1) is 11.3 Å². The monoisotopic (exact) mass is 277 g/mol. The Hall–Kier alpha value is -1.95. The van der Waals surface area contributed by atoms with E-state index in [0.29, 0.717) is 12.1 Å². The van der Waals surface area contributed by atoms with E-state index < -0.39 is 0 Å². The number of nitrogens with zero attached hydrogens (tertiary/aromatic N) is 2. The van der Waals surface area contributed by atoms with E-state index in [2.05, 4.69) is 10.3 Å². The van der Waals surface area contributed by atoms with Crippen molar-refractivity contribution < 1.29 is 4.92 Å². The molecule has 0 amide bonds. The first kappa shape index (κ1) is 13.5. The zero-order valence-electron chi connectivity index (χ0n) is 10.8. The van der Waals surface area contributed by atoms with E-state index in [-0.39, 0.29) is 10.6 Å². The molecular formula is C13H15N3O2S. The van der Waals surface area contributed by atoms with Crippen LogP contribution in [0.5, 0.6) is 0 Å². The van der Waals surface area contributed by atoms with Gasteiger partial charge in [-0.1, -0.05) is 6.07 Å². The third kappa shape index (κ3) is 3.29. The van der Waals surface area contributed by atoms with Gasteiger partial charge in [0.05, 0.1) is 15.6 Å². The van der Waals surface area contributed by atoms with Gasteiger partial charge in [0.2, 0.25) is 0 Å². The lowest BCUT2D eigenvalue weighted by Gasteiger charge is -2.08. The Kier molecular flexibility index (Phi) is 4.11. The summed E-state index contributed by atoms with van der Waals surface area (Å²) in [5.74, 6) is 0. The van der Waals surface area contributed by atoms with Crippen molar-refractivity contribution in [1.29, 1.82) is 0 Å². The number of benzene rings is 1. The molecule has 0 bridgehead atoms. The molecular weight excluding hydrogens is 262 g/mol. The third-order valence-electron chi connectivity index (χ3n) is 2.87. The van der Waals surface area contributed by atoms with Crippen LogP contribution < -0.4 is 5.32 Å². The number of hydrogen-bond donors (Lipinski definition) is 1. The summed E-state index contributed by atoms with van der Waals surface area (Å²) in [7, 11) is 0. The zero-order valence-corrected chi connectivity index (χ0v) is 11.7. The van der Waals surface area contributed by atoms with Gasteiger partial charge in [0.15, 0.2) is 0 Å². The number of aromatic nitrogens is 1. The summed E-state index contributed by atoms with van der Waals surface area (Å²) < 4.78 is 0. The summed E-state index contributed by atoms with van der Waals surface area (Å²) >= 11 is 1.63. The van der Waals surface area contributed by atoms with E-state index in [4.69, 9.17) is 0 Å². The molecule has 0 saturated carbocycles. The lowest BCUT2D eigenvalue weighted by Crippen LogP contribution is -2.07. The van der Waals surface area contributed by atoms with Gasteiger partial charge >= 0.3 is 0 Å². The first-order valence-corrected chi connectivity index (χ1v) is 6.85. The fourth-order valence-corrected chi connectivity index (χ4v) is 2.51. The number of thiazole rings is 1. The van der Waals surface area contributed by atoms with Gasteiger partial charge in [0.25, 0.3) is 5.69 Å². The molecule has 5 nitrogen and oxygen atoms in total. The van der Waals surface area contributed by atoms with E-state index in [1.54, 1.807) is 24.3 Å². The molecule has 2 aromatic rings. The smallest absolute Gasteiger partial charge is 0.274 e. The normalized spacial score (nSPS) is 10.4. The van der Waals surface area contributed by atoms with Gasteiger partial charge in [-0.25, -0.2) is 4.98 Å². The highest BCUT2D eigenvalue weighted by molar-refractivity contribution is 7.09.